The smallest absolute Gasteiger partial charge is 0.319 e. The molecule has 112 valence electrons. The summed E-state index contributed by atoms with van der Waals surface area (Å²) < 4.78 is 25.0. The number of urea groups is 1. The first-order chi connectivity index (χ1) is 9.38. The minimum Gasteiger partial charge on any atom is -0.393 e. The molecule has 6 heteroatoms. The lowest BCUT2D eigenvalue weighted by Gasteiger charge is -2.14. The average molecular weight is 286 g/mol. The van der Waals surface area contributed by atoms with Crippen LogP contribution in [0.25, 0.3) is 0 Å². The zero-order chi connectivity index (χ0) is 15.1. The van der Waals surface area contributed by atoms with Gasteiger partial charge in [-0.1, -0.05) is 19.1 Å². The van der Waals surface area contributed by atoms with Gasteiger partial charge in [-0.3, -0.25) is 0 Å². The van der Waals surface area contributed by atoms with Gasteiger partial charge in [-0.2, -0.15) is 0 Å². The summed E-state index contributed by atoms with van der Waals surface area (Å²) in [7, 11) is 0. The number of hydrogen-bond acceptors (Lipinski definition) is 2. The molecule has 0 radical (unpaired) electrons. The lowest BCUT2D eigenvalue weighted by molar-refractivity contribution is 0.151. The van der Waals surface area contributed by atoms with Crippen LogP contribution < -0.4 is 10.6 Å². The van der Waals surface area contributed by atoms with E-state index in [1.54, 1.807) is 13.0 Å². The van der Waals surface area contributed by atoms with Crippen molar-refractivity contribution in [2.45, 2.75) is 32.8 Å². The highest BCUT2D eigenvalue weighted by Crippen LogP contribution is 2.21. The van der Waals surface area contributed by atoms with Crippen molar-refractivity contribution in [2.75, 3.05) is 11.9 Å². The zero-order valence-corrected chi connectivity index (χ0v) is 11.6. The zero-order valence-electron chi connectivity index (χ0n) is 11.6. The SMILES string of the molecule is C[C@H](CNC(=O)Nc1cccc(C(F)F)c1)C[C@@H](C)O. The van der Waals surface area contributed by atoms with Crippen molar-refractivity contribution in [3.8, 4) is 0 Å². The van der Waals surface area contributed by atoms with E-state index in [2.05, 4.69) is 10.6 Å². The van der Waals surface area contributed by atoms with E-state index in [1.165, 1.54) is 18.2 Å². The Hall–Kier alpha value is -1.69. The Morgan fingerprint density at radius 1 is 1.35 bits per heavy atom. The van der Waals surface area contributed by atoms with Gasteiger partial charge in [0.1, 0.15) is 0 Å². The minimum absolute atomic E-state index is 0.133. The van der Waals surface area contributed by atoms with Crippen LogP contribution in [0.4, 0.5) is 19.3 Å². The first kappa shape index (κ1) is 16.4. The molecule has 0 heterocycles. The summed E-state index contributed by atoms with van der Waals surface area (Å²) in [4.78, 5) is 11.6. The predicted molar refractivity (Wildman–Crippen MR) is 73.9 cm³/mol. The Labute approximate surface area is 117 Å². The molecule has 0 spiro atoms. The first-order valence-corrected chi connectivity index (χ1v) is 6.49. The summed E-state index contributed by atoms with van der Waals surface area (Å²) in [6.07, 6.45) is -2.40. The topological polar surface area (TPSA) is 61.4 Å². The van der Waals surface area contributed by atoms with Gasteiger partial charge < -0.3 is 15.7 Å². The number of aliphatic hydroxyl groups is 1. The van der Waals surface area contributed by atoms with Crippen molar-refractivity contribution in [1.29, 1.82) is 0 Å². The van der Waals surface area contributed by atoms with E-state index in [1.807, 2.05) is 6.92 Å². The van der Waals surface area contributed by atoms with Crippen molar-refractivity contribution in [3.05, 3.63) is 29.8 Å². The molecular formula is C14H20F2N2O2. The van der Waals surface area contributed by atoms with Gasteiger partial charge in [0.2, 0.25) is 0 Å². The fraction of sp³-hybridized carbons (Fsp3) is 0.500. The highest BCUT2D eigenvalue weighted by Gasteiger charge is 2.10. The summed E-state index contributed by atoms with van der Waals surface area (Å²) >= 11 is 0. The van der Waals surface area contributed by atoms with E-state index < -0.39 is 18.6 Å². The average Bonchev–Trinajstić information content (AvgIpc) is 2.36. The van der Waals surface area contributed by atoms with Crippen LogP contribution >= 0.6 is 0 Å². The number of hydrogen-bond donors (Lipinski definition) is 3. The van der Waals surface area contributed by atoms with Crippen molar-refractivity contribution in [3.63, 3.8) is 0 Å². The molecule has 0 aliphatic heterocycles. The van der Waals surface area contributed by atoms with E-state index in [-0.39, 0.29) is 11.5 Å². The quantitative estimate of drug-likeness (QED) is 0.752. The number of benzene rings is 1. The Bertz CT molecular complexity index is 439. The number of carbonyl (C=O) groups is 1. The molecule has 0 aliphatic rings. The van der Waals surface area contributed by atoms with Gasteiger partial charge in [-0.25, -0.2) is 13.6 Å². The number of carbonyl (C=O) groups excluding carboxylic acids is 1. The second kappa shape index (κ2) is 7.79. The fourth-order valence-electron chi connectivity index (χ4n) is 1.86. The molecule has 0 bridgehead atoms. The lowest BCUT2D eigenvalue weighted by Crippen LogP contribution is -2.33. The number of aliphatic hydroxyl groups excluding tert-OH is 1. The van der Waals surface area contributed by atoms with Crippen LogP contribution in [0, 0.1) is 5.92 Å². The third-order valence-corrected chi connectivity index (χ3v) is 2.75. The summed E-state index contributed by atoms with van der Waals surface area (Å²) in [5, 5.41) is 14.3. The standard InChI is InChI=1S/C14H20F2N2O2/c1-9(6-10(2)19)8-17-14(20)18-12-5-3-4-11(7-12)13(15)16/h3-5,7,9-10,13,19H,6,8H2,1-2H3,(H2,17,18,20)/t9-,10+/m0/s1. The Morgan fingerprint density at radius 2 is 2.05 bits per heavy atom. The number of alkyl halides is 2. The molecule has 1 aromatic carbocycles. The van der Waals surface area contributed by atoms with Gasteiger partial charge in [-0.05, 0) is 31.4 Å². The number of nitrogens with one attached hydrogen (secondary N) is 2. The number of rotatable bonds is 6. The van der Waals surface area contributed by atoms with E-state index >= 15 is 0 Å². The number of anilines is 1. The highest BCUT2D eigenvalue weighted by molar-refractivity contribution is 5.89. The van der Waals surface area contributed by atoms with Gasteiger partial charge in [0.15, 0.2) is 0 Å². The van der Waals surface area contributed by atoms with E-state index in [0.717, 1.165) is 0 Å². The minimum atomic E-state index is -2.56. The Kier molecular flexibility index (Phi) is 6.38. The van der Waals surface area contributed by atoms with E-state index in [9.17, 15) is 18.7 Å². The molecular weight excluding hydrogens is 266 g/mol. The van der Waals surface area contributed by atoms with Crippen molar-refractivity contribution in [1.82, 2.24) is 5.32 Å². The molecule has 0 aromatic heterocycles. The van der Waals surface area contributed by atoms with Crippen LogP contribution in [0.3, 0.4) is 0 Å². The van der Waals surface area contributed by atoms with Crippen LogP contribution in [0.15, 0.2) is 24.3 Å². The van der Waals surface area contributed by atoms with Gasteiger partial charge in [0, 0.05) is 17.8 Å². The molecule has 20 heavy (non-hydrogen) atoms. The van der Waals surface area contributed by atoms with Crippen molar-refractivity contribution < 1.29 is 18.7 Å². The third kappa shape index (κ3) is 5.97. The van der Waals surface area contributed by atoms with Gasteiger partial charge >= 0.3 is 6.03 Å². The summed E-state index contributed by atoms with van der Waals surface area (Å²) in [6.45, 7) is 4.00. The normalized spacial score (nSPS) is 13.9. The van der Waals surface area contributed by atoms with Gasteiger partial charge in [-0.15, -0.1) is 0 Å². The van der Waals surface area contributed by atoms with E-state index in [4.69, 9.17) is 0 Å². The van der Waals surface area contributed by atoms with E-state index in [0.29, 0.717) is 18.7 Å². The largest absolute Gasteiger partial charge is 0.393 e. The molecule has 4 nitrogen and oxygen atoms in total. The molecule has 0 aliphatic carbocycles. The molecule has 0 fully saturated rings. The number of halogens is 2. The van der Waals surface area contributed by atoms with Gasteiger partial charge in [0.05, 0.1) is 6.10 Å². The molecule has 1 aromatic rings. The van der Waals surface area contributed by atoms with Crippen molar-refractivity contribution >= 4 is 11.7 Å². The molecule has 0 unspecified atom stereocenters. The monoisotopic (exact) mass is 286 g/mol. The highest BCUT2D eigenvalue weighted by atomic mass is 19.3. The predicted octanol–water partition coefficient (Wildman–Crippen LogP) is 3.15. The maximum atomic E-state index is 12.5. The van der Waals surface area contributed by atoms with Gasteiger partial charge in [0.25, 0.3) is 6.43 Å². The Morgan fingerprint density at radius 3 is 2.65 bits per heavy atom. The summed E-state index contributed by atoms with van der Waals surface area (Å²) in [5.41, 5.74) is 0.189. The van der Waals surface area contributed by atoms with Crippen LogP contribution in [-0.2, 0) is 0 Å². The van der Waals surface area contributed by atoms with Crippen LogP contribution in [0.2, 0.25) is 0 Å². The maximum absolute atomic E-state index is 12.5. The summed E-state index contributed by atoms with van der Waals surface area (Å²) in [6, 6.07) is 5.11. The second-order valence-electron chi connectivity index (χ2n) is 4.95. The van der Waals surface area contributed by atoms with Crippen LogP contribution in [0.1, 0.15) is 32.3 Å². The first-order valence-electron chi connectivity index (χ1n) is 6.49. The lowest BCUT2D eigenvalue weighted by atomic mass is 10.1. The fourth-order valence-corrected chi connectivity index (χ4v) is 1.86. The van der Waals surface area contributed by atoms with Crippen LogP contribution in [0.5, 0.6) is 0 Å². The molecule has 0 saturated carbocycles. The third-order valence-electron chi connectivity index (χ3n) is 2.75. The summed E-state index contributed by atoms with van der Waals surface area (Å²) in [5.74, 6) is 0.133. The number of amides is 2. The molecule has 0 saturated heterocycles. The molecule has 3 N–H and O–H groups in total. The van der Waals surface area contributed by atoms with Crippen LogP contribution in [-0.4, -0.2) is 23.8 Å². The molecule has 2 atom stereocenters. The van der Waals surface area contributed by atoms with Crippen molar-refractivity contribution in [2.24, 2.45) is 5.92 Å². The molecule has 2 amide bonds. The maximum Gasteiger partial charge on any atom is 0.319 e. The molecule has 1 rings (SSSR count). The second-order valence-corrected chi connectivity index (χ2v) is 4.95. The Balaban J connectivity index is 2.44.